The lowest BCUT2D eigenvalue weighted by molar-refractivity contribution is 0.102. The summed E-state index contributed by atoms with van der Waals surface area (Å²) in [5.74, 6) is -0.549. The van der Waals surface area contributed by atoms with Gasteiger partial charge in [-0.2, -0.15) is 0 Å². The van der Waals surface area contributed by atoms with E-state index < -0.39 is 5.91 Å². The van der Waals surface area contributed by atoms with E-state index in [0.29, 0.717) is 11.3 Å². The third-order valence-electron chi connectivity index (χ3n) is 3.39. The molecule has 0 aliphatic carbocycles. The Morgan fingerprint density at radius 3 is 2.43 bits per heavy atom. The molecule has 0 unspecified atom stereocenters. The van der Waals surface area contributed by atoms with E-state index in [1.54, 1.807) is 18.2 Å². The highest BCUT2D eigenvalue weighted by Crippen LogP contribution is 2.20. The summed E-state index contributed by atoms with van der Waals surface area (Å²) in [4.78, 5) is 26.8. The number of benzene rings is 2. The topological polar surface area (TPSA) is 82.2 Å². The minimum Gasteiger partial charge on any atom is -0.507 e. The zero-order valence-corrected chi connectivity index (χ0v) is 12.1. The summed E-state index contributed by atoms with van der Waals surface area (Å²) in [5, 5.41) is 12.4. The molecule has 3 N–H and O–H groups in total. The fraction of sp³-hybridized carbons (Fsp3) is 0. The van der Waals surface area contributed by atoms with Gasteiger partial charge in [-0.25, -0.2) is 0 Å². The molecule has 0 aliphatic rings. The first kappa shape index (κ1) is 14.6. The average molecular weight is 306 g/mol. The van der Waals surface area contributed by atoms with Crippen molar-refractivity contribution in [3.63, 3.8) is 0 Å². The summed E-state index contributed by atoms with van der Waals surface area (Å²) in [5.41, 5.74) is 1.58. The van der Waals surface area contributed by atoms with Crippen LogP contribution in [-0.2, 0) is 0 Å². The molecule has 0 aliphatic heterocycles. The summed E-state index contributed by atoms with van der Waals surface area (Å²) in [6.45, 7) is 0. The second-order valence-electron chi connectivity index (χ2n) is 4.97. The number of aromatic nitrogens is 1. The number of hydrogen-bond donors (Lipinski definition) is 3. The summed E-state index contributed by atoms with van der Waals surface area (Å²) in [6.07, 6.45) is 1.42. The van der Waals surface area contributed by atoms with Crippen molar-refractivity contribution in [1.29, 1.82) is 0 Å². The molecular formula is C18H14N2O3. The first-order valence-electron chi connectivity index (χ1n) is 7.02. The van der Waals surface area contributed by atoms with Crippen LogP contribution in [0.25, 0.3) is 11.1 Å². The quantitative estimate of drug-likeness (QED) is 0.695. The Kier molecular flexibility index (Phi) is 3.93. The highest BCUT2D eigenvalue weighted by Gasteiger charge is 2.12. The SMILES string of the molecule is O=C(Nc1c[nH]c(=O)c(-c2ccccc2)c1)c1ccccc1O. The minimum absolute atomic E-state index is 0.0993. The second-order valence-corrected chi connectivity index (χ2v) is 4.97. The molecule has 0 saturated heterocycles. The largest absolute Gasteiger partial charge is 0.507 e. The Hall–Kier alpha value is -3.34. The Labute approximate surface area is 132 Å². The van der Waals surface area contributed by atoms with E-state index in [1.165, 1.54) is 18.3 Å². The lowest BCUT2D eigenvalue weighted by Gasteiger charge is -2.08. The van der Waals surface area contributed by atoms with Crippen molar-refractivity contribution in [2.24, 2.45) is 0 Å². The van der Waals surface area contributed by atoms with Crippen molar-refractivity contribution in [2.45, 2.75) is 0 Å². The van der Waals surface area contributed by atoms with Crippen molar-refractivity contribution in [3.8, 4) is 16.9 Å². The summed E-state index contributed by atoms with van der Waals surface area (Å²) in [6, 6.07) is 17.0. The van der Waals surface area contributed by atoms with Crippen LogP contribution in [0.3, 0.4) is 0 Å². The Morgan fingerprint density at radius 1 is 1.00 bits per heavy atom. The number of H-pyrrole nitrogens is 1. The van der Waals surface area contributed by atoms with Gasteiger partial charge in [-0.05, 0) is 23.8 Å². The maximum absolute atomic E-state index is 12.2. The molecule has 0 saturated carbocycles. The van der Waals surface area contributed by atoms with E-state index in [-0.39, 0.29) is 16.9 Å². The molecular weight excluding hydrogens is 292 g/mol. The first-order valence-corrected chi connectivity index (χ1v) is 7.02. The van der Waals surface area contributed by atoms with Crippen LogP contribution in [0, 0.1) is 0 Å². The van der Waals surface area contributed by atoms with Crippen molar-refractivity contribution < 1.29 is 9.90 Å². The van der Waals surface area contributed by atoms with Gasteiger partial charge in [-0.1, -0.05) is 42.5 Å². The third-order valence-corrected chi connectivity index (χ3v) is 3.39. The van der Waals surface area contributed by atoms with Crippen LogP contribution in [0.1, 0.15) is 10.4 Å². The van der Waals surface area contributed by atoms with Gasteiger partial charge in [0.1, 0.15) is 5.75 Å². The Bertz CT molecular complexity index is 901. The van der Waals surface area contributed by atoms with Crippen LogP contribution < -0.4 is 10.9 Å². The Morgan fingerprint density at radius 2 is 1.70 bits per heavy atom. The number of anilines is 1. The lowest BCUT2D eigenvalue weighted by Crippen LogP contribution is -2.15. The highest BCUT2D eigenvalue weighted by molar-refractivity contribution is 6.06. The number of phenols is 1. The maximum Gasteiger partial charge on any atom is 0.259 e. The van der Waals surface area contributed by atoms with Crippen molar-refractivity contribution in [1.82, 2.24) is 4.98 Å². The number of para-hydroxylation sites is 1. The minimum atomic E-state index is -0.450. The fourth-order valence-corrected chi connectivity index (χ4v) is 2.25. The number of rotatable bonds is 3. The van der Waals surface area contributed by atoms with E-state index in [4.69, 9.17) is 0 Å². The number of aromatic amines is 1. The molecule has 23 heavy (non-hydrogen) atoms. The van der Waals surface area contributed by atoms with E-state index >= 15 is 0 Å². The van der Waals surface area contributed by atoms with Crippen LogP contribution in [-0.4, -0.2) is 16.0 Å². The van der Waals surface area contributed by atoms with Gasteiger partial charge in [-0.3, -0.25) is 9.59 Å². The molecule has 5 nitrogen and oxygen atoms in total. The highest BCUT2D eigenvalue weighted by atomic mass is 16.3. The van der Waals surface area contributed by atoms with Crippen molar-refractivity contribution >= 4 is 11.6 Å². The van der Waals surface area contributed by atoms with E-state index in [0.717, 1.165) is 5.56 Å². The average Bonchev–Trinajstić information content (AvgIpc) is 2.57. The smallest absolute Gasteiger partial charge is 0.259 e. The number of hydrogen-bond acceptors (Lipinski definition) is 3. The molecule has 0 radical (unpaired) electrons. The number of amides is 1. The normalized spacial score (nSPS) is 10.3. The maximum atomic E-state index is 12.2. The van der Waals surface area contributed by atoms with E-state index in [9.17, 15) is 14.7 Å². The van der Waals surface area contributed by atoms with Crippen LogP contribution in [0.15, 0.2) is 71.7 Å². The Balaban J connectivity index is 1.92. The van der Waals surface area contributed by atoms with Crippen molar-refractivity contribution in [3.05, 3.63) is 82.8 Å². The number of phenolic OH excluding ortho intramolecular Hbond substituents is 1. The zero-order valence-electron chi connectivity index (χ0n) is 12.1. The van der Waals surface area contributed by atoms with E-state index in [2.05, 4.69) is 10.3 Å². The third kappa shape index (κ3) is 3.13. The fourth-order valence-electron chi connectivity index (χ4n) is 2.25. The van der Waals surface area contributed by atoms with Gasteiger partial charge in [0.15, 0.2) is 0 Å². The zero-order chi connectivity index (χ0) is 16.2. The van der Waals surface area contributed by atoms with Gasteiger partial charge in [0.05, 0.1) is 11.3 Å². The van der Waals surface area contributed by atoms with Gasteiger partial charge >= 0.3 is 0 Å². The molecule has 5 heteroatoms. The van der Waals surface area contributed by atoms with Gasteiger partial charge < -0.3 is 15.4 Å². The standard InChI is InChI=1S/C18H14N2O3/c21-16-9-5-4-8-14(16)18(23)20-13-10-15(17(22)19-11-13)12-6-2-1-3-7-12/h1-11,21H,(H,19,22)(H,20,23). The first-order chi connectivity index (χ1) is 11.1. The van der Waals surface area contributed by atoms with E-state index in [1.807, 2.05) is 30.3 Å². The molecule has 3 aromatic rings. The predicted octanol–water partition coefficient (Wildman–Crippen LogP) is 3.00. The number of carbonyl (C=O) groups excluding carboxylic acids is 1. The molecule has 3 rings (SSSR count). The molecule has 0 atom stereocenters. The molecule has 0 bridgehead atoms. The molecule has 0 spiro atoms. The molecule has 1 heterocycles. The number of pyridine rings is 1. The lowest BCUT2D eigenvalue weighted by atomic mass is 10.1. The summed E-state index contributed by atoms with van der Waals surface area (Å²) >= 11 is 0. The number of nitrogens with one attached hydrogen (secondary N) is 2. The molecule has 1 aromatic heterocycles. The number of aromatic hydroxyl groups is 1. The molecule has 2 aromatic carbocycles. The molecule has 0 fully saturated rings. The molecule has 1 amide bonds. The van der Waals surface area contributed by atoms with Crippen LogP contribution in [0.5, 0.6) is 5.75 Å². The summed E-state index contributed by atoms with van der Waals surface area (Å²) < 4.78 is 0. The van der Waals surface area contributed by atoms with Crippen LogP contribution in [0.2, 0.25) is 0 Å². The number of carbonyl (C=O) groups is 1. The van der Waals surface area contributed by atoms with Crippen LogP contribution >= 0.6 is 0 Å². The van der Waals surface area contributed by atoms with Crippen LogP contribution in [0.4, 0.5) is 5.69 Å². The molecule has 114 valence electrons. The summed E-state index contributed by atoms with van der Waals surface area (Å²) in [7, 11) is 0. The van der Waals surface area contributed by atoms with Gasteiger partial charge in [0.25, 0.3) is 11.5 Å². The van der Waals surface area contributed by atoms with Gasteiger partial charge in [0.2, 0.25) is 0 Å². The predicted molar refractivity (Wildman–Crippen MR) is 88.6 cm³/mol. The van der Waals surface area contributed by atoms with Gasteiger partial charge in [-0.15, -0.1) is 0 Å². The van der Waals surface area contributed by atoms with Gasteiger partial charge in [0, 0.05) is 11.8 Å². The second kappa shape index (κ2) is 6.19. The monoisotopic (exact) mass is 306 g/mol. The van der Waals surface area contributed by atoms with Crippen molar-refractivity contribution in [2.75, 3.05) is 5.32 Å².